The van der Waals surface area contributed by atoms with Crippen LogP contribution in [0.2, 0.25) is 0 Å². The van der Waals surface area contributed by atoms with E-state index >= 15 is 0 Å². The molecule has 2 heterocycles. The molecule has 5 rings (SSSR count). The van der Waals surface area contributed by atoms with Gasteiger partial charge in [0.05, 0.1) is 14.2 Å². The van der Waals surface area contributed by atoms with Crippen LogP contribution < -0.4 is 30.3 Å². The third kappa shape index (κ3) is 6.32. The van der Waals surface area contributed by atoms with E-state index < -0.39 is 0 Å². The van der Waals surface area contributed by atoms with Crippen LogP contribution in [0, 0.1) is 0 Å². The zero-order chi connectivity index (χ0) is 27.2. The zero-order valence-corrected chi connectivity index (χ0v) is 22.9. The van der Waals surface area contributed by atoms with E-state index in [-0.39, 0.29) is 5.91 Å². The predicted octanol–water partition coefficient (Wildman–Crippen LogP) is 4.17. The molecular formula is C29H37N7O3. The van der Waals surface area contributed by atoms with Crippen LogP contribution in [0.5, 0.6) is 11.5 Å². The summed E-state index contributed by atoms with van der Waals surface area (Å²) in [5, 5.41) is 9.58. The second kappa shape index (κ2) is 12.2. The number of benzene rings is 2. The number of nitrogens with zero attached hydrogens (tertiary/aromatic N) is 4. The van der Waals surface area contributed by atoms with E-state index in [0.29, 0.717) is 42.5 Å². The minimum Gasteiger partial charge on any atom is -0.493 e. The topological polar surface area (TPSA) is 114 Å². The van der Waals surface area contributed by atoms with Gasteiger partial charge in [-0.25, -0.2) is 0 Å². The van der Waals surface area contributed by atoms with Crippen LogP contribution in [0.1, 0.15) is 59.2 Å². The molecule has 2 aliphatic rings. The molecule has 0 atom stereocenters. The van der Waals surface area contributed by atoms with Gasteiger partial charge in [0.15, 0.2) is 11.5 Å². The van der Waals surface area contributed by atoms with Crippen molar-refractivity contribution in [1.82, 2.24) is 20.3 Å². The molecule has 0 saturated heterocycles. The van der Waals surface area contributed by atoms with Gasteiger partial charge in [-0.05, 0) is 60.2 Å². The van der Waals surface area contributed by atoms with Crippen LogP contribution in [0.25, 0.3) is 0 Å². The summed E-state index contributed by atoms with van der Waals surface area (Å²) in [7, 11) is 4.95. The largest absolute Gasteiger partial charge is 0.493 e. The molecule has 39 heavy (non-hydrogen) atoms. The molecule has 0 unspecified atom stereocenters. The van der Waals surface area contributed by atoms with E-state index in [0.717, 1.165) is 42.9 Å². The minimum absolute atomic E-state index is 0.103. The van der Waals surface area contributed by atoms with Crippen LogP contribution in [0.15, 0.2) is 36.4 Å². The zero-order valence-electron chi connectivity index (χ0n) is 22.9. The summed E-state index contributed by atoms with van der Waals surface area (Å²) in [4.78, 5) is 28.4. The first-order valence-corrected chi connectivity index (χ1v) is 13.6. The van der Waals surface area contributed by atoms with E-state index in [1.165, 1.54) is 30.4 Å². The molecule has 206 valence electrons. The number of ether oxygens (including phenoxy) is 2. The average molecular weight is 532 g/mol. The molecule has 1 amide bonds. The third-order valence-electron chi connectivity index (χ3n) is 7.46. The second-order valence-corrected chi connectivity index (χ2v) is 10.0. The Morgan fingerprint density at radius 1 is 0.949 bits per heavy atom. The lowest BCUT2D eigenvalue weighted by molar-refractivity contribution is 0.0963. The fourth-order valence-corrected chi connectivity index (χ4v) is 5.23. The Labute approximate surface area is 229 Å². The van der Waals surface area contributed by atoms with Crippen molar-refractivity contribution >= 4 is 23.8 Å². The van der Waals surface area contributed by atoms with Crippen LogP contribution in [0.4, 0.5) is 17.8 Å². The highest BCUT2D eigenvalue weighted by Gasteiger charge is 2.23. The van der Waals surface area contributed by atoms with Gasteiger partial charge in [0.25, 0.3) is 5.91 Å². The number of nitrogens with one attached hydrogen (secondary N) is 3. The normalized spacial score (nSPS) is 15.3. The highest BCUT2D eigenvalue weighted by atomic mass is 16.5. The van der Waals surface area contributed by atoms with Crippen molar-refractivity contribution in [3.8, 4) is 11.5 Å². The summed E-state index contributed by atoms with van der Waals surface area (Å²) in [5.41, 5.74) is 4.07. The Hall–Kier alpha value is -4.08. The Bertz CT molecular complexity index is 1290. The molecule has 1 aliphatic carbocycles. The first-order valence-electron chi connectivity index (χ1n) is 13.6. The Morgan fingerprint density at radius 3 is 2.33 bits per heavy atom. The number of hydrogen-bond acceptors (Lipinski definition) is 9. The van der Waals surface area contributed by atoms with E-state index in [4.69, 9.17) is 24.4 Å². The highest BCUT2D eigenvalue weighted by Crippen LogP contribution is 2.34. The predicted molar refractivity (Wildman–Crippen MR) is 152 cm³/mol. The molecule has 2 aromatic carbocycles. The average Bonchev–Trinajstić information content (AvgIpc) is 2.99. The number of carbonyl (C=O) groups is 1. The summed E-state index contributed by atoms with van der Waals surface area (Å²) in [6.45, 7) is 1.99. The van der Waals surface area contributed by atoms with Gasteiger partial charge in [-0.2, -0.15) is 15.0 Å². The lowest BCUT2D eigenvalue weighted by atomic mass is 9.96. The Kier molecular flexibility index (Phi) is 8.29. The summed E-state index contributed by atoms with van der Waals surface area (Å²) < 4.78 is 11.0. The number of rotatable bonds is 9. The van der Waals surface area contributed by atoms with Crippen LogP contribution in [-0.4, -0.2) is 54.7 Å². The maximum absolute atomic E-state index is 11.9. The molecule has 10 heteroatoms. The number of anilines is 3. The van der Waals surface area contributed by atoms with Crippen molar-refractivity contribution in [1.29, 1.82) is 0 Å². The smallest absolute Gasteiger partial charge is 0.251 e. The van der Waals surface area contributed by atoms with Crippen LogP contribution in [0.3, 0.4) is 0 Å². The number of amides is 1. The minimum atomic E-state index is -0.103. The third-order valence-corrected chi connectivity index (χ3v) is 7.46. The summed E-state index contributed by atoms with van der Waals surface area (Å²) in [5.74, 6) is 3.13. The molecule has 0 bridgehead atoms. The SMILES string of the molecule is CNC(=O)c1ccc(CNc2nc(NC3CCCCC3)nc(N3CCc4cc(OC)c(OC)cc4C3)n2)cc1. The van der Waals surface area contributed by atoms with Crippen molar-refractivity contribution in [2.75, 3.05) is 43.3 Å². The lowest BCUT2D eigenvalue weighted by Gasteiger charge is -2.30. The molecular weight excluding hydrogens is 494 g/mol. The summed E-state index contributed by atoms with van der Waals surface area (Å²) >= 11 is 0. The van der Waals surface area contributed by atoms with E-state index in [1.807, 2.05) is 30.3 Å². The van der Waals surface area contributed by atoms with E-state index in [1.54, 1.807) is 21.3 Å². The maximum atomic E-state index is 11.9. The molecule has 0 spiro atoms. The van der Waals surface area contributed by atoms with Crippen molar-refractivity contribution in [3.05, 3.63) is 58.7 Å². The monoisotopic (exact) mass is 531 g/mol. The standard InChI is InChI=1S/C29H37N7O3/c1-30-26(37)20-11-9-19(10-12-20)17-31-27-33-28(32-23-7-5-4-6-8-23)35-29(34-27)36-14-13-21-15-24(38-2)25(39-3)16-22(21)18-36/h9-12,15-16,23H,4-8,13-14,17-18H2,1-3H3,(H,30,37)(H2,31,32,33,34,35). The Balaban J connectivity index is 1.37. The summed E-state index contributed by atoms with van der Waals surface area (Å²) in [6.07, 6.45) is 6.84. The number of aromatic nitrogens is 3. The first-order chi connectivity index (χ1) is 19.1. The Morgan fingerprint density at radius 2 is 1.64 bits per heavy atom. The molecule has 0 radical (unpaired) electrons. The number of fused-ring (bicyclic) bond motifs is 1. The number of carbonyl (C=O) groups excluding carboxylic acids is 1. The van der Waals surface area contributed by atoms with Crippen molar-refractivity contribution in [2.24, 2.45) is 0 Å². The van der Waals surface area contributed by atoms with Gasteiger partial charge in [0, 0.05) is 38.3 Å². The molecule has 1 fully saturated rings. The molecule has 1 aliphatic heterocycles. The van der Waals surface area contributed by atoms with Gasteiger partial charge >= 0.3 is 0 Å². The quantitative estimate of drug-likeness (QED) is 0.374. The lowest BCUT2D eigenvalue weighted by Crippen LogP contribution is -2.33. The summed E-state index contributed by atoms with van der Waals surface area (Å²) in [6, 6.07) is 12.0. The van der Waals surface area contributed by atoms with Gasteiger partial charge in [0.2, 0.25) is 17.8 Å². The molecule has 1 aromatic heterocycles. The first kappa shape index (κ1) is 26.5. The van der Waals surface area contributed by atoms with Crippen molar-refractivity contribution < 1.29 is 14.3 Å². The highest BCUT2D eigenvalue weighted by molar-refractivity contribution is 5.93. The van der Waals surface area contributed by atoms with Gasteiger partial charge in [-0.3, -0.25) is 4.79 Å². The fourth-order valence-electron chi connectivity index (χ4n) is 5.23. The van der Waals surface area contributed by atoms with Gasteiger partial charge in [0.1, 0.15) is 0 Å². The molecule has 10 nitrogen and oxygen atoms in total. The van der Waals surface area contributed by atoms with E-state index in [9.17, 15) is 4.79 Å². The van der Waals surface area contributed by atoms with Gasteiger partial charge in [-0.15, -0.1) is 0 Å². The number of hydrogen-bond donors (Lipinski definition) is 3. The van der Waals surface area contributed by atoms with Gasteiger partial charge < -0.3 is 30.3 Å². The number of methoxy groups -OCH3 is 2. The van der Waals surface area contributed by atoms with Crippen LogP contribution >= 0.6 is 0 Å². The van der Waals surface area contributed by atoms with Crippen molar-refractivity contribution in [2.45, 2.75) is 57.7 Å². The molecule has 1 saturated carbocycles. The van der Waals surface area contributed by atoms with E-state index in [2.05, 4.69) is 26.9 Å². The fraction of sp³-hybridized carbons (Fsp3) is 0.448. The maximum Gasteiger partial charge on any atom is 0.251 e. The van der Waals surface area contributed by atoms with Crippen LogP contribution in [-0.2, 0) is 19.5 Å². The van der Waals surface area contributed by atoms with Crippen molar-refractivity contribution in [3.63, 3.8) is 0 Å². The van der Waals surface area contributed by atoms with Gasteiger partial charge in [-0.1, -0.05) is 31.4 Å². The second-order valence-electron chi connectivity index (χ2n) is 10.0. The molecule has 3 aromatic rings. The molecule has 3 N–H and O–H groups in total.